The first kappa shape index (κ1) is 23.1. The van der Waals surface area contributed by atoms with Crippen molar-refractivity contribution in [2.45, 2.75) is 0 Å². The maximum absolute atomic E-state index is 6.49. The number of nitrogens with zero attached hydrogens (tertiary/aromatic N) is 1. The molecule has 42 heavy (non-hydrogen) atoms. The number of benzene rings is 8. The Kier molecular flexibility index (Phi) is 4.93. The quantitative estimate of drug-likeness (QED) is 0.209. The van der Waals surface area contributed by atoms with Crippen molar-refractivity contribution in [3.63, 3.8) is 0 Å². The van der Waals surface area contributed by atoms with Crippen LogP contribution in [-0.4, -0.2) is 0 Å². The van der Waals surface area contributed by atoms with Gasteiger partial charge >= 0.3 is 0 Å². The molecule has 0 radical (unpaired) electrons. The lowest BCUT2D eigenvalue weighted by Gasteiger charge is -2.30. The van der Waals surface area contributed by atoms with Crippen LogP contribution in [0.25, 0.3) is 65.0 Å². The molecule has 0 fully saturated rings. The van der Waals surface area contributed by atoms with Crippen molar-refractivity contribution in [2.24, 2.45) is 0 Å². The van der Waals surface area contributed by atoms with Crippen molar-refractivity contribution in [3.8, 4) is 0 Å². The van der Waals surface area contributed by atoms with Crippen LogP contribution in [0, 0.1) is 0 Å². The minimum absolute atomic E-state index is 0.905. The van der Waals surface area contributed by atoms with Gasteiger partial charge in [0.2, 0.25) is 0 Å². The van der Waals surface area contributed by atoms with E-state index in [4.69, 9.17) is 4.42 Å². The Morgan fingerprint density at radius 2 is 0.881 bits per heavy atom. The zero-order valence-electron chi connectivity index (χ0n) is 22.8. The maximum atomic E-state index is 6.49. The Morgan fingerprint density at radius 3 is 1.69 bits per heavy atom. The Hall–Kier alpha value is -5.60. The molecule has 0 unspecified atom stereocenters. The molecular formula is C40H25NO. The third-order valence-corrected chi connectivity index (χ3v) is 8.60. The van der Waals surface area contributed by atoms with Gasteiger partial charge in [-0.25, -0.2) is 0 Å². The van der Waals surface area contributed by atoms with E-state index < -0.39 is 0 Å². The Morgan fingerprint density at radius 1 is 0.333 bits per heavy atom. The fourth-order valence-electron chi connectivity index (χ4n) is 6.72. The molecule has 0 bridgehead atoms. The van der Waals surface area contributed by atoms with Gasteiger partial charge in [0.05, 0.1) is 17.1 Å². The van der Waals surface area contributed by atoms with E-state index in [1.807, 2.05) is 6.07 Å². The zero-order valence-corrected chi connectivity index (χ0v) is 22.8. The van der Waals surface area contributed by atoms with E-state index in [2.05, 4.69) is 150 Å². The van der Waals surface area contributed by atoms with E-state index in [1.165, 1.54) is 32.3 Å². The van der Waals surface area contributed by atoms with Crippen LogP contribution in [0.5, 0.6) is 0 Å². The number of anilines is 3. The molecule has 9 rings (SSSR count). The van der Waals surface area contributed by atoms with Crippen molar-refractivity contribution >= 4 is 82.1 Å². The summed E-state index contributed by atoms with van der Waals surface area (Å²) >= 11 is 0. The Bertz CT molecular complexity index is 2480. The van der Waals surface area contributed by atoms with Crippen molar-refractivity contribution < 1.29 is 4.42 Å². The summed E-state index contributed by atoms with van der Waals surface area (Å²) in [6.07, 6.45) is 0. The van der Waals surface area contributed by atoms with E-state index >= 15 is 0 Å². The minimum atomic E-state index is 0.905. The van der Waals surface area contributed by atoms with Crippen LogP contribution < -0.4 is 4.90 Å². The monoisotopic (exact) mass is 535 g/mol. The highest BCUT2D eigenvalue weighted by atomic mass is 16.3. The van der Waals surface area contributed by atoms with Crippen LogP contribution in [0.15, 0.2) is 156 Å². The number of hydrogen-bond donors (Lipinski definition) is 0. The van der Waals surface area contributed by atoms with Gasteiger partial charge < -0.3 is 9.32 Å². The molecule has 196 valence electrons. The molecule has 2 heteroatoms. The summed E-state index contributed by atoms with van der Waals surface area (Å²) < 4.78 is 6.49. The summed E-state index contributed by atoms with van der Waals surface area (Å²) in [6.45, 7) is 0. The van der Waals surface area contributed by atoms with Crippen LogP contribution in [0.1, 0.15) is 0 Å². The number of fused-ring (bicyclic) bond motifs is 9. The van der Waals surface area contributed by atoms with Crippen molar-refractivity contribution in [1.82, 2.24) is 0 Å². The molecule has 0 aliphatic rings. The van der Waals surface area contributed by atoms with Crippen LogP contribution in [-0.2, 0) is 0 Å². The largest absolute Gasteiger partial charge is 0.455 e. The first-order valence-electron chi connectivity index (χ1n) is 14.4. The molecule has 0 amide bonds. The van der Waals surface area contributed by atoms with E-state index in [1.54, 1.807) is 0 Å². The summed E-state index contributed by atoms with van der Waals surface area (Å²) in [5.41, 5.74) is 5.25. The van der Waals surface area contributed by atoms with Gasteiger partial charge in [0.15, 0.2) is 0 Å². The number of furan rings is 1. The molecule has 0 saturated carbocycles. The third kappa shape index (κ3) is 3.33. The highest BCUT2D eigenvalue weighted by Gasteiger charge is 2.23. The van der Waals surface area contributed by atoms with E-state index in [-0.39, 0.29) is 0 Å². The summed E-state index contributed by atoms with van der Waals surface area (Å²) in [6, 6.07) is 54.4. The second-order valence-electron chi connectivity index (χ2n) is 10.9. The van der Waals surface area contributed by atoms with Gasteiger partial charge in [-0.2, -0.15) is 0 Å². The fraction of sp³-hybridized carbons (Fsp3) is 0. The SMILES string of the molecule is c1ccc2c(N(c3cc4ccccc4c4ccccc34)c3cc4c5ccccc5oc4c4ccccc34)cccc2c1. The van der Waals surface area contributed by atoms with Crippen LogP contribution in [0.2, 0.25) is 0 Å². The molecular weight excluding hydrogens is 510 g/mol. The number of para-hydroxylation sites is 1. The zero-order chi connectivity index (χ0) is 27.6. The normalized spacial score (nSPS) is 11.8. The highest BCUT2D eigenvalue weighted by Crippen LogP contribution is 2.48. The lowest BCUT2D eigenvalue weighted by Crippen LogP contribution is -2.12. The first-order chi connectivity index (χ1) is 20.8. The van der Waals surface area contributed by atoms with Gasteiger partial charge in [-0.15, -0.1) is 0 Å². The number of hydrogen-bond acceptors (Lipinski definition) is 2. The molecule has 2 nitrogen and oxygen atoms in total. The van der Waals surface area contributed by atoms with E-state index in [0.717, 1.165) is 49.8 Å². The molecule has 9 aromatic rings. The number of rotatable bonds is 3. The van der Waals surface area contributed by atoms with Crippen LogP contribution in [0.4, 0.5) is 17.1 Å². The van der Waals surface area contributed by atoms with Gasteiger partial charge in [0, 0.05) is 32.3 Å². The highest BCUT2D eigenvalue weighted by molar-refractivity contribution is 6.22. The van der Waals surface area contributed by atoms with Gasteiger partial charge in [-0.1, -0.05) is 127 Å². The molecule has 0 spiro atoms. The topological polar surface area (TPSA) is 16.4 Å². The van der Waals surface area contributed by atoms with Gasteiger partial charge in [-0.05, 0) is 45.8 Å². The summed E-state index contributed by atoms with van der Waals surface area (Å²) in [4.78, 5) is 2.47. The molecule has 1 heterocycles. The van der Waals surface area contributed by atoms with Gasteiger partial charge in [0.25, 0.3) is 0 Å². The van der Waals surface area contributed by atoms with Crippen LogP contribution >= 0.6 is 0 Å². The minimum Gasteiger partial charge on any atom is -0.455 e. The molecule has 1 aromatic heterocycles. The maximum Gasteiger partial charge on any atom is 0.143 e. The molecule has 8 aromatic carbocycles. The predicted octanol–water partition coefficient (Wildman–Crippen LogP) is 11.7. The van der Waals surface area contributed by atoms with Crippen LogP contribution in [0.3, 0.4) is 0 Å². The van der Waals surface area contributed by atoms with Gasteiger partial charge in [-0.3, -0.25) is 0 Å². The third-order valence-electron chi connectivity index (χ3n) is 8.60. The first-order valence-corrected chi connectivity index (χ1v) is 14.4. The molecule has 0 N–H and O–H groups in total. The molecule has 0 atom stereocenters. The molecule has 0 saturated heterocycles. The van der Waals surface area contributed by atoms with E-state index in [9.17, 15) is 0 Å². The predicted molar refractivity (Wildman–Crippen MR) is 178 cm³/mol. The second kappa shape index (κ2) is 8.95. The Balaban J connectivity index is 1.49. The average Bonchev–Trinajstić information content (AvgIpc) is 3.44. The van der Waals surface area contributed by atoms with Crippen molar-refractivity contribution in [2.75, 3.05) is 4.90 Å². The van der Waals surface area contributed by atoms with Gasteiger partial charge in [0.1, 0.15) is 11.2 Å². The standard InChI is InChI=1S/C40H25NO/c1-4-16-29-26(12-1)14-11-22-36(29)41(37-24-27-13-2-3-15-28(27)30-17-5-6-18-31(30)37)38-25-35-33-20-9-10-23-39(33)42-40(35)34-21-8-7-19-32(34)38/h1-25H. The lowest BCUT2D eigenvalue weighted by atomic mass is 9.97. The second-order valence-corrected chi connectivity index (χ2v) is 10.9. The summed E-state index contributed by atoms with van der Waals surface area (Å²) in [5.74, 6) is 0. The van der Waals surface area contributed by atoms with Crippen molar-refractivity contribution in [3.05, 3.63) is 152 Å². The molecule has 0 aliphatic carbocycles. The molecule has 0 aliphatic heterocycles. The summed E-state index contributed by atoms with van der Waals surface area (Å²) in [5, 5.41) is 11.9. The fourth-order valence-corrected chi connectivity index (χ4v) is 6.72. The Labute approximate surface area is 242 Å². The lowest BCUT2D eigenvalue weighted by molar-refractivity contribution is 0.672. The summed E-state index contributed by atoms with van der Waals surface area (Å²) in [7, 11) is 0. The van der Waals surface area contributed by atoms with E-state index in [0.29, 0.717) is 0 Å². The smallest absolute Gasteiger partial charge is 0.143 e. The average molecular weight is 536 g/mol. The van der Waals surface area contributed by atoms with Crippen molar-refractivity contribution in [1.29, 1.82) is 0 Å².